The molecule has 0 spiro atoms. The van der Waals surface area contributed by atoms with E-state index in [-0.39, 0.29) is 37.6 Å². The first-order valence-corrected chi connectivity index (χ1v) is 24.2. The van der Waals surface area contributed by atoms with Crippen LogP contribution in [0.3, 0.4) is 0 Å². The number of rotatable bonds is 7. The van der Waals surface area contributed by atoms with E-state index in [0.717, 1.165) is 20.0 Å². The van der Waals surface area contributed by atoms with Crippen LogP contribution in [0, 0.1) is 0 Å². The van der Waals surface area contributed by atoms with Gasteiger partial charge < -0.3 is 23.4 Å². The maximum atomic E-state index is 14.9. The summed E-state index contributed by atoms with van der Waals surface area (Å²) in [7, 11) is -2.87. The number of alkyl halides is 1. The Morgan fingerprint density at radius 3 is 1.72 bits per heavy atom. The zero-order valence-electron chi connectivity index (χ0n) is 32.8. The molecule has 17 heteroatoms. The highest BCUT2D eigenvalue weighted by atomic mass is 35.5. The quantitative estimate of drug-likeness (QED) is 0.120. The molecule has 4 amide bonds. The van der Waals surface area contributed by atoms with Crippen LogP contribution in [0.25, 0.3) is 0 Å². The SMILES string of the molecule is COC(=O)[C@@H]1C[C@H](O[Si](C)(C)C(C)(C)C)CN(C(=O)OCC[Si](C)(C)C)N1C(=O)[C@H]1C[C@H](Cl)CN(C(=O)OC(C)(C)C)N1C(=O)OC(C)(C)C. The average molecular weight is 765 g/mol. The molecule has 14 nitrogen and oxygen atoms in total. The van der Waals surface area contributed by atoms with Crippen molar-refractivity contribution in [1.82, 2.24) is 20.0 Å². The van der Waals surface area contributed by atoms with Crippen molar-refractivity contribution in [2.24, 2.45) is 0 Å². The van der Waals surface area contributed by atoms with Crippen molar-refractivity contribution in [2.75, 3.05) is 26.8 Å². The summed E-state index contributed by atoms with van der Waals surface area (Å²) in [6.07, 6.45) is -3.59. The number of nitrogens with zero attached hydrogens (tertiary/aromatic N) is 4. The summed E-state index contributed by atoms with van der Waals surface area (Å²) in [5, 5.41) is 2.86. The van der Waals surface area contributed by atoms with Crippen molar-refractivity contribution in [2.45, 2.75) is 154 Å². The van der Waals surface area contributed by atoms with Gasteiger partial charge in [-0.3, -0.25) is 4.79 Å². The van der Waals surface area contributed by atoms with Crippen LogP contribution in [0.2, 0.25) is 43.8 Å². The van der Waals surface area contributed by atoms with Crippen molar-refractivity contribution in [1.29, 1.82) is 0 Å². The number of hydrogen-bond acceptors (Lipinski definition) is 10. The standard InChI is InChI=1S/C33H61ClN4O10Si2/c1-31(2,3)46-29(42)35-20-22(34)18-24(38(35)30(43)47-32(4,5)6)26(39)37-25(27(40)44-10)19-23(48-50(14,15)33(7,8)9)21-36(37)28(41)45-16-17-49(11,12)13/h22-25H,16-21H2,1-15H3/t22-,23-,24+,25-/m0/s1. The first-order chi connectivity index (χ1) is 22.5. The van der Waals surface area contributed by atoms with Gasteiger partial charge in [0.05, 0.1) is 38.3 Å². The van der Waals surface area contributed by atoms with Crippen LogP contribution >= 0.6 is 11.6 Å². The Kier molecular flexibility index (Phi) is 13.9. The van der Waals surface area contributed by atoms with Gasteiger partial charge in [-0.25, -0.2) is 39.2 Å². The van der Waals surface area contributed by atoms with E-state index in [1.54, 1.807) is 41.5 Å². The third-order valence-electron chi connectivity index (χ3n) is 8.55. The molecule has 0 aromatic carbocycles. The highest BCUT2D eigenvalue weighted by Crippen LogP contribution is 2.39. The third-order valence-corrected chi connectivity index (χ3v) is 15.1. The van der Waals surface area contributed by atoms with Gasteiger partial charge in [0.1, 0.15) is 17.2 Å². The molecule has 0 unspecified atom stereocenters. The number of carbonyl (C=O) groups is 5. The van der Waals surface area contributed by atoms with Crippen LogP contribution < -0.4 is 0 Å². The molecule has 0 saturated carbocycles. The topological polar surface area (TPSA) is 144 Å². The van der Waals surface area contributed by atoms with Crippen LogP contribution in [-0.4, -0.2) is 128 Å². The smallest absolute Gasteiger partial charge is 0.430 e. The largest absolute Gasteiger partial charge is 0.467 e. The summed E-state index contributed by atoms with van der Waals surface area (Å²) in [5.74, 6) is -1.66. The third kappa shape index (κ3) is 12.0. The van der Waals surface area contributed by atoms with Crippen molar-refractivity contribution in [3.8, 4) is 0 Å². The first kappa shape index (κ1) is 43.6. The van der Waals surface area contributed by atoms with Crippen LogP contribution in [-0.2, 0) is 33.0 Å². The fourth-order valence-electron chi connectivity index (χ4n) is 5.07. The van der Waals surface area contributed by atoms with Gasteiger partial charge in [0.15, 0.2) is 14.4 Å². The van der Waals surface area contributed by atoms with Crippen LogP contribution in [0.1, 0.15) is 75.2 Å². The monoisotopic (exact) mass is 764 g/mol. The Morgan fingerprint density at radius 2 is 1.24 bits per heavy atom. The van der Waals surface area contributed by atoms with E-state index >= 15 is 0 Å². The second kappa shape index (κ2) is 16.0. The highest BCUT2D eigenvalue weighted by Gasteiger charge is 2.53. The number of ether oxygens (including phenoxy) is 4. The van der Waals surface area contributed by atoms with Crippen LogP contribution in [0.4, 0.5) is 14.4 Å². The van der Waals surface area contributed by atoms with E-state index < -0.39 is 81.3 Å². The summed E-state index contributed by atoms with van der Waals surface area (Å²) in [6, 6.07) is -2.17. The average Bonchev–Trinajstić information content (AvgIpc) is 2.91. The molecule has 2 aliphatic rings. The predicted octanol–water partition coefficient (Wildman–Crippen LogP) is 6.61. The lowest BCUT2D eigenvalue weighted by Crippen LogP contribution is -2.71. The number of esters is 1. The fraction of sp³-hybridized carbons (Fsp3) is 0.848. The molecule has 0 N–H and O–H groups in total. The molecular formula is C33H61ClN4O10Si2. The Balaban J connectivity index is 2.72. The van der Waals surface area contributed by atoms with Crippen molar-refractivity contribution >= 4 is 58.1 Å². The summed E-state index contributed by atoms with van der Waals surface area (Å²) in [5.41, 5.74) is -1.96. The van der Waals surface area contributed by atoms with E-state index in [4.69, 9.17) is 35.0 Å². The second-order valence-corrected chi connectivity index (χ2v) is 28.7. The van der Waals surface area contributed by atoms with Gasteiger partial charge in [-0.1, -0.05) is 40.4 Å². The molecule has 0 aromatic rings. The van der Waals surface area contributed by atoms with E-state index in [0.29, 0.717) is 6.04 Å². The minimum Gasteiger partial charge on any atom is -0.467 e. The van der Waals surface area contributed by atoms with Crippen LogP contribution in [0.5, 0.6) is 0 Å². The maximum Gasteiger partial charge on any atom is 0.430 e. The Morgan fingerprint density at radius 1 is 0.720 bits per heavy atom. The summed E-state index contributed by atoms with van der Waals surface area (Å²) < 4.78 is 28.8. The molecule has 0 aliphatic carbocycles. The molecule has 0 radical (unpaired) electrons. The number of amides is 4. The molecule has 2 rings (SSSR count). The summed E-state index contributed by atoms with van der Waals surface area (Å²) >= 11 is 6.67. The van der Waals surface area contributed by atoms with Crippen molar-refractivity contribution in [3.63, 3.8) is 0 Å². The number of halogens is 1. The number of carbonyl (C=O) groups excluding carboxylic acids is 5. The van der Waals surface area contributed by atoms with Gasteiger partial charge in [-0.15, -0.1) is 11.6 Å². The molecular weight excluding hydrogens is 704 g/mol. The number of hydrazine groups is 2. The van der Waals surface area contributed by atoms with E-state index in [1.807, 2.05) is 0 Å². The minimum absolute atomic E-state index is 0.00283. The summed E-state index contributed by atoms with van der Waals surface area (Å²) in [6.45, 7) is 26.5. The zero-order chi connectivity index (χ0) is 38.8. The van der Waals surface area contributed by atoms with E-state index in [2.05, 4.69) is 53.5 Å². The normalized spacial score (nSPS) is 22.6. The molecule has 2 aliphatic heterocycles. The van der Waals surface area contributed by atoms with Gasteiger partial charge in [0.2, 0.25) is 0 Å². The van der Waals surface area contributed by atoms with Gasteiger partial charge in [-0.2, -0.15) is 0 Å². The van der Waals surface area contributed by atoms with Crippen LogP contribution in [0.15, 0.2) is 0 Å². The lowest BCUT2D eigenvalue weighted by Gasteiger charge is -2.50. The lowest BCUT2D eigenvalue weighted by molar-refractivity contribution is -0.187. The molecule has 288 valence electrons. The minimum atomic E-state index is -2.44. The lowest BCUT2D eigenvalue weighted by atomic mass is 10.0. The Bertz CT molecular complexity index is 1260. The van der Waals surface area contributed by atoms with E-state index in [9.17, 15) is 24.0 Å². The summed E-state index contributed by atoms with van der Waals surface area (Å²) in [4.78, 5) is 69.8. The van der Waals surface area contributed by atoms with Crippen molar-refractivity contribution < 1.29 is 47.3 Å². The Labute approximate surface area is 305 Å². The highest BCUT2D eigenvalue weighted by molar-refractivity contribution is 6.76. The second-order valence-electron chi connectivity index (χ2n) is 17.7. The molecule has 2 saturated heterocycles. The molecule has 0 bridgehead atoms. The zero-order valence-corrected chi connectivity index (χ0v) is 35.6. The van der Waals surface area contributed by atoms with E-state index in [1.165, 1.54) is 7.11 Å². The molecule has 50 heavy (non-hydrogen) atoms. The fourth-order valence-corrected chi connectivity index (χ4v) is 7.44. The molecule has 0 aromatic heterocycles. The molecule has 4 atom stereocenters. The van der Waals surface area contributed by atoms with Gasteiger partial charge in [-0.05, 0) is 72.1 Å². The van der Waals surface area contributed by atoms with Gasteiger partial charge in [0, 0.05) is 14.5 Å². The van der Waals surface area contributed by atoms with Gasteiger partial charge in [0.25, 0.3) is 5.91 Å². The van der Waals surface area contributed by atoms with Gasteiger partial charge >= 0.3 is 24.2 Å². The first-order valence-electron chi connectivity index (χ1n) is 17.2. The molecule has 2 heterocycles. The molecule has 2 fully saturated rings. The number of hydrogen-bond donors (Lipinski definition) is 0. The predicted molar refractivity (Wildman–Crippen MR) is 195 cm³/mol. The maximum absolute atomic E-state index is 14.9. The number of methoxy groups -OCH3 is 1. The van der Waals surface area contributed by atoms with Crippen molar-refractivity contribution in [3.05, 3.63) is 0 Å². The Hall–Kier alpha value is -2.57.